The third kappa shape index (κ3) is 3.59. The van der Waals surface area contributed by atoms with Gasteiger partial charge in [0.25, 0.3) is 10.0 Å². The van der Waals surface area contributed by atoms with Gasteiger partial charge in [0.2, 0.25) is 5.90 Å². The number of benzene rings is 2. The first-order chi connectivity index (χ1) is 11.3. The second-order valence-corrected chi connectivity index (χ2v) is 8.20. The second kappa shape index (κ2) is 5.94. The first-order valence-corrected chi connectivity index (χ1v) is 9.16. The lowest BCUT2D eigenvalue weighted by Crippen LogP contribution is -2.17. The second-order valence-electron chi connectivity index (χ2n) is 6.51. The molecule has 24 heavy (non-hydrogen) atoms. The van der Waals surface area contributed by atoms with Gasteiger partial charge in [-0.1, -0.05) is 17.7 Å². The van der Waals surface area contributed by atoms with Crippen LogP contribution < -0.4 is 4.72 Å². The van der Waals surface area contributed by atoms with Crippen LogP contribution in [0, 0.1) is 6.92 Å². The average Bonchev–Trinajstić information content (AvgIpc) is 2.88. The Morgan fingerprint density at radius 3 is 2.21 bits per heavy atom. The van der Waals surface area contributed by atoms with E-state index in [1.54, 1.807) is 48.5 Å². The summed E-state index contributed by atoms with van der Waals surface area (Å²) >= 11 is 0. The molecule has 3 rings (SSSR count). The van der Waals surface area contributed by atoms with Crippen LogP contribution in [0.3, 0.4) is 0 Å². The van der Waals surface area contributed by atoms with E-state index in [4.69, 9.17) is 4.74 Å². The number of hydrogen-bond acceptors (Lipinski definition) is 4. The molecule has 1 heterocycles. The van der Waals surface area contributed by atoms with Crippen LogP contribution >= 0.6 is 0 Å². The number of aryl methyl sites for hydroxylation is 1. The fraction of sp³-hybridized carbons (Fsp3) is 0.278. The van der Waals surface area contributed by atoms with Crippen molar-refractivity contribution < 1.29 is 13.2 Å². The summed E-state index contributed by atoms with van der Waals surface area (Å²) in [5.74, 6) is 0.591. The number of rotatable bonds is 4. The molecule has 0 fully saturated rings. The minimum atomic E-state index is -3.59. The lowest BCUT2D eigenvalue weighted by Gasteiger charge is -2.09. The van der Waals surface area contributed by atoms with Crippen molar-refractivity contribution in [2.75, 3.05) is 11.3 Å². The maximum absolute atomic E-state index is 12.4. The van der Waals surface area contributed by atoms with E-state index >= 15 is 0 Å². The Labute approximate surface area is 142 Å². The Morgan fingerprint density at radius 2 is 1.67 bits per heavy atom. The lowest BCUT2D eigenvalue weighted by molar-refractivity contribution is 0.279. The molecular weight excluding hydrogens is 324 g/mol. The molecule has 0 unspecified atom stereocenters. The molecule has 126 valence electrons. The van der Waals surface area contributed by atoms with Gasteiger partial charge in [-0.05, 0) is 57.2 Å². The number of aliphatic imine (C=N–C) groups is 1. The molecule has 1 N–H and O–H groups in total. The van der Waals surface area contributed by atoms with E-state index in [1.807, 2.05) is 20.8 Å². The molecule has 1 aliphatic rings. The summed E-state index contributed by atoms with van der Waals surface area (Å²) in [7, 11) is -3.59. The summed E-state index contributed by atoms with van der Waals surface area (Å²) in [6.07, 6.45) is 0. The molecule has 0 aromatic heterocycles. The minimum Gasteiger partial charge on any atom is -0.475 e. The number of sulfonamides is 1. The summed E-state index contributed by atoms with van der Waals surface area (Å²) in [6, 6.07) is 13.7. The van der Waals surface area contributed by atoms with Crippen LogP contribution in [0.2, 0.25) is 0 Å². The molecule has 0 radical (unpaired) electrons. The van der Waals surface area contributed by atoms with Gasteiger partial charge in [0.15, 0.2) is 0 Å². The quantitative estimate of drug-likeness (QED) is 0.925. The molecule has 0 bridgehead atoms. The monoisotopic (exact) mass is 344 g/mol. The summed E-state index contributed by atoms with van der Waals surface area (Å²) in [5.41, 5.74) is 2.12. The number of nitrogens with one attached hydrogen (secondary N) is 1. The molecule has 0 aliphatic carbocycles. The summed E-state index contributed by atoms with van der Waals surface area (Å²) in [4.78, 5) is 4.74. The van der Waals surface area contributed by atoms with Crippen LogP contribution in [0.5, 0.6) is 0 Å². The van der Waals surface area contributed by atoms with Crippen molar-refractivity contribution in [2.45, 2.75) is 31.2 Å². The van der Waals surface area contributed by atoms with Crippen molar-refractivity contribution in [1.82, 2.24) is 0 Å². The fourth-order valence-corrected chi connectivity index (χ4v) is 3.40. The largest absolute Gasteiger partial charge is 0.475 e. The maximum atomic E-state index is 12.4. The van der Waals surface area contributed by atoms with Gasteiger partial charge >= 0.3 is 0 Å². The average molecular weight is 344 g/mol. The fourth-order valence-electron chi connectivity index (χ4n) is 2.34. The highest BCUT2D eigenvalue weighted by molar-refractivity contribution is 7.92. The summed E-state index contributed by atoms with van der Waals surface area (Å²) < 4.78 is 32.9. The molecule has 1 aliphatic heterocycles. The number of hydrogen-bond donors (Lipinski definition) is 1. The van der Waals surface area contributed by atoms with E-state index in [0.717, 1.165) is 11.1 Å². The Morgan fingerprint density at radius 1 is 1.04 bits per heavy atom. The van der Waals surface area contributed by atoms with E-state index in [9.17, 15) is 8.42 Å². The standard InChI is InChI=1S/C18H20N2O3S/c1-13-4-10-16(11-5-13)24(21,22)20-15-8-6-14(7-9-15)17-19-18(2,3)12-23-17/h4-11,20H,12H2,1-3H3. The third-order valence-corrected chi connectivity index (χ3v) is 5.08. The molecule has 5 nitrogen and oxygen atoms in total. The molecule has 0 atom stereocenters. The molecule has 0 saturated heterocycles. The Hall–Kier alpha value is -2.34. The van der Waals surface area contributed by atoms with Gasteiger partial charge in [-0.3, -0.25) is 4.72 Å². The first kappa shape index (κ1) is 16.5. The van der Waals surface area contributed by atoms with Crippen LogP contribution in [-0.2, 0) is 14.8 Å². The van der Waals surface area contributed by atoms with Crippen LogP contribution in [0.15, 0.2) is 58.4 Å². The lowest BCUT2D eigenvalue weighted by atomic mass is 10.1. The van der Waals surface area contributed by atoms with E-state index in [0.29, 0.717) is 18.2 Å². The molecule has 0 saturated carbocycles. The zero-order chi connectivity index (χ0) is 17.4. The summed E-state index contributed by atoms with van der Waals surface area (Å²) in [5, 5.41) is 0. The van der Waals surface area contributed by atoms with E-state index < -0.39 is 10.0 Å². The van der Waals surface area contributed by atoms with Gasteiger partial charge in [0, 0.05) is 11.3 Å². The van der Waals surface area contributed by atoms with Gasteiger partial charge in [-0.25, -0.2) is 13.4 Å². The van der Waals surface area contributed by atoms with Crippen LogP contribution in [0.25, 0.3) is 0 Å². The van der Waals surface area contributed by atoms with Crippen molar-refractivity contribution in [3.05, 3.63) is 59.7 Å². The zero-order valence-electron chi connectivity index (χ0n) is 13.9. The van der Waals surface area contributed by atoms with Crippen molar-refractivity contribution in [3.8, 4) is 0 Å². The Bertz CT molecular complexity index is 867. The normalized spacial score (nSPS) is 16.4. The molecule has 0 amide bonds. The predicted octanol–water partition coefficient (Wildman–Crippen LogP) is 3.35. The maximum Gasteiger partial charge on any atom is 0.261 e. The van der Waals surface area contributed by atoms with Crippen LogP contribution in [0.4, 0.5) is 5.69 Å². The van der Waals surface area contributed by atoms with Gasteiger partial charge in [0.1, 0.15) is 6.61 Å². The van der Waals surface area contributed by atoms with Gasteiger partial charge in [-0.15, -0.1) is 0 Å². The molecule has 2 aromatic rings. The minimum absolute atomic E-state index is 0.221. The Balaban J connectivity index is 1.78. The van der Waals surface area contributed by atoms with E-state index in [2.05, 4.69) is 9.71 Å². The molecule has 0 spiro atoms. The predicted molar refractivity (Wildman–Crippen MR) is 95.0 cm³/mol. The van der Waals surface area contributed by atoms with Crippen molar-refractivity contribution in [3.63, 3.8) is 0 Å². The highest BCUT2D eigenvalue weighted by Crippen LogP contribution is 2.22. The topological polar surface area (TPSA) is 67.8 Å². The van der Waals surface area contributed by atoms with Gasteiger partial charge in [0.05, 0.1) is 10.4 Å². The van der Waals surface area contributed by atoms with Crippen LogP contribution in [-0.4, -0.2) is 26.5 Å². The van der Waals surface area contributed by atoms with Crippen molar-refractivity contribution in [2.24, 2.45) is 4.99 Å². The van der Waals surface area contributed by atoms with Crippen molar-refractivity contribution >= 4 is 21.6 Å². The number of nitrogens with zero attached hydrogens (tertiary/aromatic N) is 1. The first-order valence-electron chi connectivity index (χ1n) is 7.68. The van der Waals surface area contributed by atoms with Crippen molar-refractivity contribution in [1.29, 1.82) is 0 Å². The van der Waals surface area contributed by atoms with Gasteiger partial charge < -0.3 is 4.74 Å². The molecule has 2 aromatic carbocycles. The Kier molecular flexibility index (Phi) is 4.09. The molecule has 6 heteroatoms. The number of ether oxygens (including phenoxy) is 1. The van der Waals surface area contributed by atoms with Crippen LogP contribution in [0.1, 0.15) is 25.0 Å². The SMILES string of the molecule is Cc1ccc(S(=O)(=O)Nc2ccc(C3=NC(C)(C)CO3)cc2)cc1. The smallest absolute Gasteiger partial charge is 0.261 e. The van der Waals surface area contributed by atoms with E-state index in [-0.39, 0.29) is 10.4 Å². The van der Waals surface area contributed by atoms with Gasteiger partial charge in [-0.2, -0.15) is 0 Å². The highest BCUT2D eigenvalue weighted by Gasteiger charge is 2.27. The number of anilines is 1. The summed E-state index contributed by atoms with van der Waals surface area (Å²) in [6.45, 7) is 6.47. The molecular formula is C18H20N2O3S. The zero-order valence-corrected chi connectivity index (χ0v) is 14.7. The third-order valence-electron chi connectivity index (χ3n) is 3.68. The van der Waals surface area contributed by atoms with E-state index in [1.165, 1.54) is 0 Å². The highest BCUT2D eigenvalue weighted by atomic mass is 32.2.